The molecule has 0 amide bonds. The van der Waals surface area contributed by atoms with E-state index >= 15 is 0 Å². The molecule has 0 saturated carbocycles. The van der Waals surface area contributed by atoms with E-state index in [9.17, 15) is 4.79 Å². The van der Waals surface area contributed by atoms with Gasteiger partial charge in [-0.05, 0) is 44.5 Å². The number of methoxy groups -OCH3 is 1. The summed E-state index contributed by atoms with van der Waals surface area (Å²) in [7, 11) is 3.71. The summed E-state index contributed by atoms with van der Waals surface area (Å²) >= 11 is 0. The summed E-state index contributed by atoms with van der Waals surface area (Å²) < 4.78 is 16.9. The van der Waals surface area contributed by atoms with Gasteiger partial charge in [-0.25, -0.2) is 0 Å². The topological polar surface area (TPSA) is 48.0 Å². The molecule has 0 aromatic heterocycles. The number of ketones is 1. The van der Waals surface area contributed by atoms with E-state index in [1.807, 2.05) is 32.0 Å². The van der Waals surface area contributed by atoms with Crippen LogP contribution in [-0.4, -0.2) is 38.2 Å². The number of carbonyl (C=O) groups excluding carboxylic acids is 1. The van der Waals surface area contributed by atoms with Crippen molar-refractivity contribution in [2.75, 3.05) is 27.5 Å². The van der Waals surface area contributed by atoms with Gasteiger partial charge in [0.2, 0.25) is 12.5 Å². The number of fused-ring (bicyclic) bond motifs is 2. The molecule has 4 rings (SSSR count). The van der Waals surface area contributed by atoms with Crippen LogP contribution >= 0.6 is 0 Å². The number of nitrogens with zero attached hydrogens (tertiary/aromatic N) is 1. The van der Waals surface area contributed by atoms with E-state index in [1.54, 1.807) is 7.11 Å². The minimum absolute atomic E-state index is 0.0496. The van der Waals surface area contributed by atoms with Gasteiger partial charge in [0.15, 0.2) is 17.3 Å². The van der Waals surface area contributed by atoms with Gasteiger partial charge >= 0.3 is 0 Å². The van der Waals surface area contributed by atoms with Gasteiger partial charge in [-0.1, -0.05) is 23.8 Å². The molecule has 2 heterocycles. The molecule has 0 aliphatic carbocycles. The number of ether oxygens (including phenoxy) is 3. The van der Waals surface area contributed by atoms with E-state index in [-0.39, 0.29) is 18.6 Å². The Morgan fingerprint density at radius 3 is 2.81 bits per heavy atom. The molecular weight excluding hydrogens is 342 g/mol. The summed E-state index contributed by atoms with van der Waals surface area (Å²) in [4.78, 5) is 15.3. The van der Waals surface area contributed by atoms with Gasteiger partial charge in [0.05, 0.1) is 7.11 Å². The highest BCUT2D eigenvalue weighted by atomic mass is 16.7. The average Bonchev–Trinajstić information content (AvgIpc) is 3.10. The van der Waals surface area contributed by atoms with Crippen molar-refractivity contribution >= 4 is 5.78 Å². The van der Waals surface area contributed by atoms with E-state index in [4.69, 9.17) is 14.2 Å². The molecule has 2 aliphatic rings. The second kappa shape index (κ2) is 6.89. The van der Waals surface area contributed by atoms with Crippen LogP contribution in [0.1, 0.15) is 45.1 Å². The largest absolute Gasteiger partial charge is 0.492 e. The van der Waals surface area contributed by atoms with Gasteiger partial charge in [-0.2, -0.15) is 0 Å². The van der Waals surface area contributed by atoms with E-state index in [0.29, 0.717) is 17.9 Å². The Kier molecular flexibility index (Phi) is 4.56. The molecule has 5 nitrogen and oxygen atoms in total. The third-order valence-corrected chi connectivity index (χ3v) is 5.61. The molecule has 1 atom stereocenters. The SMILES string of the molecule is COc1c2c(cc3c1C(CC(=O)c1ccc(C)cc1C)N(C)CC3)OCO2. The number of hydrogen-bond donors (Lipinski definition) is 0. The van der Waals surface area contributed by atoms with Crippen molar-refractivity contribution in [2.24, 2.45) is 0 Å². The number of rotatable bonds is 4. The van der Waals surface area contributed by atoms with Crippen molar-refractivity contribution in [3.63, 3.8) is 0 Å². The number of Topliss-reactive ketones (excluding diaryl/α,β-unsaturated/α-hetero) is 1. The standard InChI is InChI=1S/C22H25NO4/c1-13-5-6-16(14(2)9-13)18(24)11-17-20-15(7-8-23(17)3)10-19-21(22(20)25-4)27-12-26-19/h5-6,9-10,17H,7-8,11-12H2,1-4H3. The van der Waals surface area contributed by atoms with Crippen LogP contribution in [0.15, 0.2) is 24.3 Å². The van der Waals surface area contributed by atoms with E-state index < -0.39 is 0 Å². The van der Waals surface area contributed by atoms with E-state index in [0.717, 1.165) is 35.4 Å². The number of aryl methyl sites for hydroxylation is 2. The van der Waals surface area contributed by atoms with Gasteiger partial charge < -0.3 is 14.2 Å². The maximum Gasteiger partial charge on any atom is 0.231 e. The number of likely N-dealkylation sites (N-methyl/N-ethyl adjacent to an activating group) is 1. The van der Waals surface area contributed by atoms with Gasteiger partial charge in [-0.15, -0.1) is 0 Å². The zero-order chi connectivity index (χ0) is 19.1. The molecule has 0 saturated heterocycles. The molecule has 27 heavy (non-hydrogen) atoms. The first kappa shape index (κ1) is 17.9. The fourth-order valence-electron chi connectivity index (χ4n) is 4.20. The van der Waals surface area contributed by atoms with Gasteiger partial charge in [-0.3, -0.25) is 9.69 Å². The molecular formula is C22H25NO4. The lowest BCUT2D eigenvalue weighted by molar-refractivity contribution is 0.0925. The third kappa shape index (κ3) is 3.06. The Hall–Kier alpha value is -2.53. The molecule has 0 spiro atoms. The zero-order valence-corrected chi connectivity index (χ0v) is 16.3. The van der Waals surface area contributed by atoms with Crippen molar-refractivity contribution < 1.29 is 19.0 Å². The van der Waals surface area contributed by atoms with E-state index in [1.165, 1.54) is 11.1 Å². The summed E-state index contributed by atoms with van der Waals surface area (Å²) in [6, 6.07) is 7.99. The molecule has 142 valence electrons. The Morgan fingerprint density at radius 2 is 2.07 bits per heavy atom. The Labute approximate surface area is 159 Å². The highest BCUT2D eigenvalue weighted by Gasteiger charge is 2.35. The second-order valence-electron chi connectivity index (χ2n) is 7.41. The van der Waals surface area contributed by atoms with Crippen molar-refractivity contribution in [3.8, 4) is 17.2 Å². The van der Waals surface area contributed by atoms with Crippen molar-refractivity contribution in [3.05, 3.63) is 52.1 Å². The lowest BCUT2D eigenvalue weighted by Gasteiger charge is -2.35. The lowest BCUT2D eigenvalue weighted by Crippen LogP contribution is -2.34. The molecule has 5 heteroatoms. The summed E-state index contributed by atoms with van der Waals surface area (Å²) in [5.74, 6) is 2.23. The lowest BCUT2D eigenvalue weighted by atomic mass is 9.87. The quantitative estimate of drug-likeness (QED) is 0.769. The summed E-state index contributed by atoms with van der Waals surface area (Å²) in [5, 5.41) is 0. The van der Waals surface area contributed by atoms with Crippen molar-refractivity contribution in [1.82, 2.24) is 4.90 Å². The molecule has 2 aliphatic heterocycles. The van der Waals surface area contributed by atoms with Crippen LogP contribution in [0, 0.1) is 13.8 Å². The molecule has 0 radical (unpaired) electrons. The molecule has 0 bridgehead atoms. The first-order valence-electron chi connectivity index (χ1n) is 9.29. The minimum Gasteiger partial charge on any atom is -0.492 e. The number of carbonyl (C=O) groups is 1. The van der Waals surface area contributed by atoms with Crippen molar-refractivity contribution in [2.45, 2.75) is 32.7 Å². The molecule has 1 unspecified atom stereocenters. The molecule has 2 aromatic carbocycles. The molecule has 2 aromatic rings. The predicted octanol–water partition coefficient (Wildman–Crippen LogP) is 3.84. The maximum atomic E-state index is 13.1. The Balaban J connectivity index is 1.73. The first-order valence-corrected chi connectivity index (χ1v) is 9.29. The van der Waals surface area contributed by atoms with Crippen LogP contribution in [0.3, 0.4) is 0 Å². The van der Waals surface area contributed by atoms with Crippen LogP contribution in [0.2, 0.25) is 0 Å². The maximum absolute atomic E-state index is 13.1. The van der Waals surface area contributed by atoms with Gasteiger partial charge in [0.1, 0.15) is 0 Å². The summed E-state index contributed by atoms with van der Waals surface area (Å²) in [6.07, 6.45) is 1.30. The highest BCUT2D eigenvalue weighted by Crippen LogP contribution is 2.50. The van der Waals surface area contributed by atoms with Crippen LogP contribution in [0.4, 0.5) is 0 Å². The first-order chi connectivity index (χ1) is 13.0. The number of hydrogen-bond acceptors (Lipinski definition) is 5. The fourth-order valence-corrected chi connectivity index (χ4v) is 4.20. The van der Waals surface area contributed by atoms with Gasteiger partial charge in [0, 0.05) is 30.1 Å². The fraction of sp³-hybridized carbons (Fsp3) is 0.409. The number of benzene rings is 2. The Morgan fingerprint density at radius 1 is 1.26 bits per heavy atom. The highest BCUT2D eigenvalue weighted by molar-refractivity contribution is 5.98. The van der Waals surface area contributed by atoms with Crippen LogP contribution in [0.25, 0.3) is 0 Å². The minimum atomic E-state index is -0.0496. The van der Waals surface area contributed by atoms with Gasteiger partial charge in [0.25, 0.3) is 0 Å². The molecule has 0 fully saturated rings. The molecule has 0 N–H and O–H groups in total. The Bertz CT molecular complexity index is 906. The van der Waals surface area contributed by atoms with Crippen LogP contribution in [0.5, 0.6) is 17.2 Å². The smallest absolute Gasteiger partial charge is 0.231 e. The normalized spacial score (nSPS) is 18.3. The third-order valence-electron chi connectivity index (χ3n) is 5.61. The second-order valence-corrected chi connectivity index (χ2v) is 7.41. The predicted molar refractivity (Wildman–Crippen MR) is 103 cm³/mol. The monoisotopic (exact) mass is 367 g/mol. The summed E-state index contributed by atoms with van der Waals surface area (Å²) in [6.45, 7) is 5.13. The van der Waals surface area contributed by atoms with Crippen LogP contribution in [-0.2, 0) is 6.42 Å². The summed E-state index contributed by atoms with van der Waals surface area (Å²) in [5.41, 5.74) is 5.21. The zero-order valence-electron chi connectivity index (χ0n) is 16.3. The van der Waals surface area contributed by atoms with E-state index in [2.05, 4.69) is 18.0 Å². The average molecular weight is 367 g/mol. The van der Waals surface area contributed by atoms with Crippen molar-refractivity contribution in [1.29, 1.82) is 0 Å². The van der Waals surface area contributed by atoms with Crippen LogP contribution < -0.4 is 14.2 Å².